The Morgan fingerprint density at radius 2 is 1.97 bits per heavy atom. The van der Waals surface area contributed by atoms with Crippen LogP contribution in [0.1, 0.15) is 49.3 Å². The van der Waals surface area contributed by atoms with E-state index in [4.69, 9.17) is 5.73 Å². The van der Waals surface area contributed by atoms with Gasteiger partial charge < -0.3 is 16.4 Å². The topological polar surface area (TPSA) is 134 Å². The number of carbonyl (C=O) groups excluding carboxylic acids is 4. The lowest BCUT2D eigenvalue weighted by Crippen LogP contribution is -2.52. The number of hydrogen-bond donors (Lipinski definition) is 4. The third kappa shape index (κ3) is 5.55. The molecule has 168 valence electrons. The van der Waals surface area contributed by atoms with Gasteiger partial charge in [0.1, 0.15) is 6.04 Å². The van der Waals surface area contributed by atoms with E-state index in [-0.39, 0.29) is 12.3 Å². The molecule has 1 fully saturated rings. The monoisotopic (exact) mass is 429 g/mol. The quantitative estimate of drug-likeness (QED) is 0.161. The highest BCUT2D eigenvalue weighted by Crippen LogP contribution is 2.41. The van der Waals surface area contributed by atoms with Gasteiger partial charge in [-0.1, -0.05) is 12.1 Å². The second-order valence-electron chi connectivity index (χ2n) is 7.97. The van der Waals surface area contributed by atoms with E-state index >= 15 is 0 Å². The normalized spacial score (nSPS) is 20.9. The average molecular weight is 430 g/mol. The Morgan fingerprint density at radius 1 is 1.19 bits per heavy atom. The number of nitrogens with two attached hydrogens (primary N) is 1. The van der Waals surface area contributed by atoms with Gasteiger partial charge in [0.15, 0.2) is 6.29 Å². The molecule has 0 aromatic heterocycles. The molecule has 5 N–H and O–H groups in total. The second kappa shape index (κ2) is 11.1. The first kappa shape index (κ1) is 23.1. The summed E-state index contributed by atoms with van der Waals surface area (Å²) < 4.78 is 0. The summed E-state index contributed by atoms with van der Waals surface area (Å²) in [6.07, 6.45) is 3.79. The van der Waals surface area contributed by atoms with Crippen molar-refractivity contribution in [2.45, 2.75) is 50.7 Å². The number of unbranched alkanes of at least 4 members (excludes halogenated alkanes) is 1. The molecule has 0 spiro atoms. The maximum Gasteiger partial charge on any atom is 0.243 e. The predicted molar refractivity (Wildman–Crippen MR) is 116 cm³/mol. The number of amides is 2. The van der Waals surface area contributed by atoms with Crippen LogP contribution in [0.4, 0.5) is 5.69 Å². The molecule has 1 aromatic carbocycles. The lowest BCUT2D eigenvalue weighted by atomic mass is 9.97. The molecule has 2 amide bonds. The van der Waals surface area contributed by atoms with Gasteiger partial charge in [0.25, 0.3) is 0 Å². The third-order valence-electron chi connectivity index (χ3n) is 5.80. The molecule has 0 radical (unpaired) electrons. The minimum absolute atomic E-state index is 0.218. The second-order valence-corrected chi connectivity index (χ2v) is 7.97. The van der Waals surface area contributed by atoms with Crippen molar-refractivity contribution >= 4 is 29.6 Å². The summed E-state index contributed by atoms with van der Waals surface area (Å²) in [4.78, 5) is 49.7. The first-order chi connectivity index (χ1) is 15.1. The number of ketones is 1. The fraction of sp³-hybridized carbons (Fsp3) is 0.545. The van der Waals surface area contributed by atoms with E-state index in [0.29, 0.717) is 25.8 Å². The Balaban J connectivity index is 1.68. The van der Waals surface area contributed by atoms with Crippen LogP contribution in [0.15, 0.2) is 18.2 Å². The molecule has 0 aliphatic carbocycles. The van der Waals surface area contributed by atoms with Crippen LogP contribution in [0.25, 0.3) is 0 Å². The van der Waals surface area contributed by atoms with Crippen molar-refractivity contribution in [1.29, 1.82) is 0 Å². The van der Waals surface area contributed by atoms with Crippen molar-refractivity contribution in [1.82, 2.24) is 15.5 Å². The SMILES string of the molecule is NCCCNCCCCNc1cccc2c1C(C(=O)C=O)N(C1CCC(=O)NC1=O)C2. The van der Waals surface area contributed by atoms with E-state index in [1.165, 1.54) is 0 Å². The summed E-state index contributed by atoms with van der Waals surface area (Å²) in [7, 11) is 0. The summed E-state index contributed by atoms with van der Waals surface area (Å²) >= 11 is 0. The molecule has 2 atom stereocenters. The summed E-state index contributed by atoms with van der Waals surface area (Å²) in [5, 5.41) is 9.09. The maximum atomic E-state index is 12.6. The molecule has 1 saturated heterocycles. The summed E-state index contributed by atoms with van der Waals surface area (Å²) in [6.45, 7) is 3.64. The Morgan fingerprint density at radius 3 is 2.71 bits per heavy atom. The van der Waals surface area contributed by atoms with Gasteiger partial charge >= 0.3 is 0 Å². The average Bonchev–Trinajstić information content (AvgIpc) is 3.15. The van der Waals surface area contributed by atoms with Crippen LogP contribution < -0.4 is 21.7 Å². The number of imide groups is 1. The number of benzene rings is 1. The number of anilines is 1. The van der Waals surface area contributed by atoms with Gasteiger partial charge in [-0.15, -0.1) is 0 Å². The Kier molecular flexibility index (Phi) is 8.27. The fourth-order valence-corrected chi connectivity index (χ4v) is 4.29. The first-order valence-corrected chi connectivity index (χ1v) is 10.9. The van der Waals surface area contributed by atoms with E-state index in [9.17, 15) is 19.2 Å². The van der Waals surface area contributed by atoms with E-state index in [1.807, 2.05) is 18.2 Å². The zero-order valence-electron chi connectivity index (χ0n) is 17.7. The molecule has 1 aromatic rings. The zero-order valence-corrected chi connectivity index (χ0v) is 17.7. The summed E-state index contributed by atoms with van der Waals surface area (Å²) in [5.74, 6) is -1.30. The molecule has 9 nitrogen and oxygen atoms in total. The van der Waals surface area contributed by atoms with Crippen LogP contribution >= 0.6 is 0 Å². The Labute approximate surface area is 182 Å². The van der Waals surface area contributed by atoms with Gasteiger partial charge in [0.05, 0.1) is 6.04 Å². The van der Waals surface area contributed by atoms with Gasteiger partial charge in [-0.25, -0.2) is 0 Å². The van der Waals surface area contributed by atoms with Crippen LogP contribution in [-0.4, -0.2) is 61.0 Å². The number of aldehydes is 1. The molecular weight excluding hydrogens is 398 g/mol. The van der Waals surface area contributed by atoms with Gasteiger partial charge in [0, 0.05) is 30.8 Å². The van der Waals surface area contributed by atoms with Gasteiger partial charge in [-0.05, 0) is 56.9 Å². The molecule has 31 heavy (non-hydrogen) atoms. The number of nitrogens with zero attached hydrogens (tertiary/aromatic N) is 1. The first-order valence-electron chi connectivity index (χ1n) is 10.9. The Bertz CT molecular complexity index is 828. The van der Waals surface area contributed by atoms with Gasteiger partial charge in [0.2, 0.25) is 17.6 Å². The van der Waals surface area contributed by atoms with Crippen LogP contribution in [-0.2, 0) is 25.7 Å². The molecule has 3 rings (SSSR count). The van der Waals surface area contributed by atoms with Crippen molar-refractivity contribution < 1.29 is 19.2 Å². The lowest BCUT2D eigenvalue weighted by Gasteiger charge is -2.33. The standard InChI is InChI=1S/C22H31N5O4/c23-9-4-11-24-10-1-2-12-25-16-6-3-5-15-13-27(21(20(15)16)18(29)14-28)17-7-8-19(30)26-22(17)31/h3,5-6,14,17,21,24-25H,1-2,4,7-13,23H2,(H,26,30,31). The number of Topliss-reactive ketones (excluding diaryl/α,β-unsaturated/α-hetero) is 1. The highest BCUT2D eigenvalue weighted by Gasteiger charge is 2.44. The molecule has 0 saturated carbocycles. The molecule has 2 heterocycles. The molecule has 9 heteroatoms. The number of rotatable bonds is 12. The summed E-state index contributed by atoms with van der Waals surface area (Å²) in [6, 6.07) is 4.28. The zero-order chi connectivity index (χ0) is 22.2. The molecule has 2 aliphatic rings. The lowest BCUT2D eigenvalue weighted by molar-refractivity contribution is -0.141. The van der Waals surface area contributed by atoms with Gasteiger partial charge in [-0.3, -0.25) is 29.4 Å². The van der Waals surface area contributed by atoms with E-state index in [0.717, 1.165) is 55.7 Å². The maximum absolute atomic E-state index is 12.6. The number of piperidine rings is 1. The van der Waals surface area contributed by atoms with Crippen molar-refractivity contribution in [2.75, 3.05) is 31.5 Å². The number of nitrogens with one attached hydrogen (secondary N) is 3. The van der Waals surface area contributed by atoms with Crippen LogP contribution in [0, 0.1) is 0 Å². The molecule has 0 bridgehead atoms. The van der Waals surface area contributed by atoms with Crippen molar-refractivity contribution in [3.8, 4) is 0 Å². The van der Waals surface area contributed by atoms with Crippen LogP contribution in [0.2, 0.25) is 0 Å². The highest BCUT2D eigenvalue weighted by atomic mass is 16.2. The van der Waals surface area contributed by atoms with E-state index in [2.05, 4.69) is 16.0 Å². The smallest absolute Gasteiger partial charge is 0.243 e. The van der Waals surface area contributed by atoms with Crippen molar-refractivity contribution in [3.05, 3.63) is 29.3 Å². The van der Waals surface area contributed by atoms with E-state index < -0.39 is 23.8 Å². The number of carbonyl (C=O) groups is 4. The molecule has 2 aliphatic heterocycles. The van der Waals surface area contributed by atoms with Crippen molar-refractivity contribution in [3.63, 3.8) is 0 Å². The highest BCUT2D eigenvalue weighted by molar-refractivity contribution is 6.28. The third-order valence-corrected chi connectivity index (χ3v) is 5.80. The fourth-order valence-electron chi connectivity index (χ4n) is 4.29. The van der Waals surface area contributed by atoms with Crippen molar-refractivity contribution in [2.24, 2.45) is 5.73 Å². The molecular formula is C22H31N5O4. The molecule has 2 unspecified atom stereocenters. The minimum atomic E-state index is -0.821. The van der Waals surface area contributed by atoms with Gasteiger partial charge in [-0.2, -0.15) is 0 Å². The van der Waals surface area contributed by atoms with E-state index in [1.54, 1.807) is 4.90 Å². The minimum Gasteiger partial charge on any atom is -0.385 e. The summed E-state index contributed by atoms with van der Waals surface area (Å²) in [5.41, 5.74) is 7.96. The predicted octanol–water partition coefficient (Wildman–Crippen LogP) is 0.247. The van der Waals surface area contributed by atoms with Crippen LogP contribution in [0.5, 0.6) is 0 Å². The Hall–Kier alpha value is -2.62. The largest absolute Gasteiger partial charge is 0.385 e. The number of hydrogen-bond acceptors (Lipinski definition) is 8. The van der Waals surface area contributed by atoms with Crippen LogP contribution in [0.3, 0.4) is 0 Å². The number of fused-ring (bicyclic) bond motifs is 1.